The number of furan rings is 1. The maximum Gasteiger partial charge on any atom is 0.134 e. The summed E-state index contributed by atoms with van der Waals surface area (Å²) in [4.78, 5) is 0. The minimum atomic E-state index is -0.112. The van der Waals surface area contributed by atoms with Crippen LogP contribution in [-0.4, -0.2) is 0 Å². The van der Waals surface area contributed by atoms with Gasteiger partial charge in [-0.2, -0.15) is 0 Å². The van der Waals surface area contributed by atoms with Gasteiger partial charge in [0.25, 0.3) is 0 Å². The largest absolute Gasteiger partial charge is 0.464 e. The highest BCUT2D eigenvalue weighted by molar-refractivity contribution is 5.80. The maximum absolute atomic E-state index is 13.6. The Morgan fingerprint density at radius 2 is 1.76 bits per heavy atom. The van der Waals surface area contributed by atoms with Gasteiger partial charge in [0.05, 0.1) is 6.26 Å². The van der Waals surface area contributed by atoms with Gasteiger partial charge in [0, 0.05) is 24.0 Å². The number of benzene rings is 2. The second-order valence-corrected chi connectivity index (χ2v) is 5.40. The zero-order valence-corrected chi connectivity index (χ0v) is 12.2. The number of nitrogens with one attached hydrogen (secondary N) is 1. The summed E-state index contributed by atoms with van der Waals surface area (Å²) < 4.78 is 19.1. The molecule has 2 aromatic carbocycles. The van der Waals surface area contributed by atoms with E-state index < -0.39 is 0 Å². The molecule has 1 aromatic heterocycles. The molecule has 21 heavy (non-hydrogen) atoms. The van der Waals surface area contributed by atoms with E-state index in [-0.39, 0.29) is 5.82 Å². The molecule has 108 valence electrons. The molecule has 0 radical (unpaired) electrons. The van der Waals surface area contributed by atoms with Crippen molar-refractivity contribution in [3.05, 3.63) is 70.7 Å². The van der Waals surface area contributed by atoms with Gasteiger partial charge >= 0.3 is 0 Å². The van der Waals surface area contributed by atoms with Gasteiger partial charge in [-0.1, -0.05) is 30.3 Å². The average Bonchev–Trinajstić information content (AvgIpc) is 2.88. The zero-order chi connectivity index (χ0) is 14.8. The summed E-state index contributed by atoms with van der Waals surface area (Å²) in [5, 5.41) is 4.52. The van der Waals surface area contributed by atoms with E-state index in [9.17, 15) is 4.39 Å². The summed E-state index contributed by atoms with van der Waals surface area (Å²) in [7, 11) is 0. The van der Waals surface area contributed by atoms with Crippen LogP contribution in [-0.2, 0) is 13.1 Å². The maximum atomic E-state index is 13.6. The number of hydrogen-bond donors (Lipinski definition) is 1. The molecule has 0 saturated carbocycles. The standard InChI is InChI=1S/C18H18FNO/c1-12-7-14(8-13(2)18(12)19)9-20-10-15-11-21-17-6-4-3-5-16(15)17/h3-8,11,20H,9-10H2,1-2H3. The first-order chi connectivity index (χ1) is 10.1. The Morgan fingerprint density at radius 3 is 2.52 bits per heavy atom. The van der Waals surface area contributed by atoms with Crippen molar-refractivity contribution in [2.45, 2.75) is 26.9 Å². The van der Waals surface area contributed by atoms with Gasteiger partial charge < -0.3 is 9.73 Å². The van der Waals surface area contributed by atoms with Crippen LogP contribution in [0.5, 0.6) is 0 Å². The normalized spacial score (nSPS) is 11.2. The predicted octanol–water partition coefficient (Wildman–Crippen LogP) is 4.48. The van der Waals surface area contributed by atoms with Crippen LogP contribution < -0.4 is 5.32 Å². The Bertz CT molecular complexity index is 753. The second-order valence-electron chi connectivity index (χ2n) is 5.40. The number of hydrogen-bond acceptors (Lipinski definition) is 2. The van der Waals surface area contributed by atoms with Gasteiger partial charge in [-0.05, 0) is 36.6 Å². The quantitative estimate of drug-likeness (QED) is 0.763. The molecule has 0 aliphatic carbocycles. The zero-order valence-electron chi connectivity index (χ0n) is 12.2. The highest BCUT2D eigenvalue weighted by Crippen LogP contribution is 2.20. The van der Waals surface area contributed by atoms with Crippen LogP contribution in [0, 0.1) is 19.7 Å². The molecule has 0 saturated heterocycles. The molecule has 3 rings (SSSR count). The van der Waals surface area contributed by atoms with Crippen LogP contribution in [0.15, 0.2) is 47.1 Å². The summed E-state index contributed by atoms with van der Waals surface area (Å²) in [6, 6.07) is 11.8. The van der Waals surface area contributed by atoms with Crippen molar-refractivity contribution >= 4 is 11.0 Å². The minimum absolute atomic E-state index is 0.112. The van der Waals surface area contributed by atoms with E-state index in [4.69, 9.17) is 4.42 Å². The number of fused-ring (bicyclic) bond motifs is 1. The fourth-order valence-corrected chi connectivity index (χ4v) is 2.65. The molecule has 1 heterocycles. The van der Waals surface area contributed by atoms with Crippen LogP contribution in [0.2, 0.25) is 0 Å². The van der Waals surface area contributed by atoms with Gasteiger partial charge in [-0.3, -0.25) is 0 Å². The van der Waals surface area contributed by atoms with Crippen molar-refractivity contribution in [1.82, 2.24) is 5.32 Å². The van der Waals surface area contributed by atoms with Crippen molar-refractivity contribution in [2.75, 3.05) is 0 Å². The molecule has 0 atom stereocenters. The van der Waals surface area contributed by atoms with E-state index in [0.29, 0.717) is 17.7 Å². The van der Waals surface area contributed by atoms with Gasteiger partial charge in [-0.25, -0.2) is 4.39 Å². The summed E-state index contributed by atoms with van der Waals surface area (Å²) >= 11 is 0. The Labute approximate surface area is 123 Å². The fourth-order valence-electron chi connectivity index (χ4n) is 2.65. The third kappa shape index (κ3) is 2.83. The Balaban J connectivity index is 1.69. The second kappa shape index (κ2) is 5.70. The van der Waals surface area contributed by atoms with Crippen molar-refractivity contribution in [1.29, 1.82) is 0 Å². The summed E-state index contributed by atoms with van der Waals surface area (Å²) in [5.41, 5.74) is 4.53. The molecule has 0 amide bonds. The molecule has 0 fully saturated rings. The molecule has 0 unspecified atom stereocenters. The number of halogens is 1. The Kier molecular flexibility index (Phi) is 3.76. The SMILES string of the molecule is Cc1cc(CNCc2coc3ccccc23)cc(C)c1F. The minimum Gasteiger partial charge on any atom is -0.464 e. The van der Waals surface area contributed by atoms with E-state index >= 15 is 0 Å². The summed E-state index contributed by atoms with van der Waals surface area (Å²) in [6.45, 7) is 5.04. The van der Waals surface area contributed by atoms with E-state index in [1.165, 1.54) is 0 Å². The Morgan fingerprint density at radius 1 is 1.05 bits per heavy atom. The van der Waals surface area contributed by atoms with E-state index in [1.54, 1.807) is 20.1 Å². The first-order valence-electron chi connectivity index (χ1n) is 7.06. The lowest BCUT2D eigenvalue weighted by Gasteiger charge is -2.08. The smallest absolute Gasteiger partial charge is 0.134 e. The lowest BCUT2D eigenvalue weighted by Crippen LogP contribution is -2.13. The Hall–Kier alpha value is -2.13. The monoisotopic (exact) mass is 283 g/mol. The average molecular weight is 283 g/mol. The first-order valence-corrected chi connectivity index (χ1v) is 7.06. The third-order valence-electron chi connectivity index (χ3n) is 3.70. The number of aryl methyl sites for hydroxylation is 2. The molecule has 0 aliphatic heterocycles. The van der Waals surface area contributed by atoms with Crippen molar-refractivity contribution in [2.24, 2.45) is 0 Å². The van der Waals surface area contributed by atoms with Crippen LogP contribution >= 0.6 is 0 Å². The van der Waals surface area contributed by atoms with Crippen LogP contribution in [0.1, 0.15) is 22.3 Å². The van der Waals surface area contributed by atoms with Crippen LogP contribution in [0.3, 0.4) is 0 Å². The van der Waals surface area contributed by atoms with Crippen molar-refractivity contribution < 1.29 is 8.81 Å². The lowest BCUT2D eigenvalue weighted by molar-refractivity contribution is 0.599. The number of para-hydroxylation sites is 1. The van der Waals surface area contributed by atoms with E-state index in [2.05, 4.69) is 11.4 Å². The van der Waals surface area contributed by atoms with Crippen molar-refractivity contribution in [3.63, 3.8) is 0 Å². The van der Waals surface area contributed by atoms with E-state index in [0.717, 1.165) is 28.6 Å². The highest BCUT2D eigenvalue weighted by Gasteiger charge is 2.06. The summed E-state index contributed by atoms with van der Waals surface area (Å²) in [5.74, 6) is -0.112. The highest BCUT2D eigenvalue weighted by atomic mass is 19.1. The number of rotatable bonds is 4. The molecule has 3 aromatic rings. The van der Waals surface area contributed by atoms with Gasteiger partial charge in [0.15, 0.2) is 0 Å². The van der Waals surface area contributed by atoms with Gasteiger partial charge in [-0.15, -0.1) is 0 Å². The third-order valence-corrected chi connectivity index (χ3v) is 3.70. The van der Waals surface area contributed by atoms with Gasteiger partial charge in [0.1, 0.15) is 11.4 Å². The van der Waals surface area contributed by atoms with Crippen LogP contribution in [0.25, 0.3) is 11.0 Å². The molecule has 0 spiro atoms. The molecule has 3 heteroatoms. The topological polar surface area (TPSA) is 25.2 Å². The lowest BCUT2D eigenvalue weighted by atomic mass is 10.1. The molecule has 2 nitrogen and oxygen atoms in total. The van der Waals surface area contributed by atoms with Gasteiger partial charge in [0.2, 0.25) is 0 Å². The molecule has 0 aliphatic rings. The predicted molar refractivity (Wildman–Crippen MR) is 82.6 cm³/mol. The first kappa shape index (κ1) is 13.8. The molecule has 0 bridgehead atoms. The molecular weight excluding hydrogens is 265 g/mol. The molecule has 1 N–H and O–H groups in total. The van der Waals surface area contributed by atoms with Crippen molar-refractivity contribution in [3.8, 4) is 0 Å². The summed E-state index contributed by atoms with van der Waals surface area (Å²) in [6.07, 6.45) is 1.79. The van der Waals surface area contributed by atoms with E-state index in [1.807, 2.05) is 30.3 Å². The molecular formula is C18H18FNO. The van der Waals surface area contributed by atoms with Crippen LogP contribution in [0.4, 0.5) is 4.39 Å². The fraction of sp³-hybridized carbons (Fsp3) is 0.222.